The Balaban J connectivity index is 1.31. The SMILES string of the molecule is Cc1cc(C)cc(C2(C(=O)N3CCC4(CN(CCc5ccccc5)C(=O)O4)C3)CCOCC2)c1. The van der Waals surface area contributed by atoms with Crippen LogP contribution in [0, 0.1) is 13.8 Å². The van der Waals surface area contributed by atoms with E-state index in [1.807, 2.05) is 23.1 Å². The summed E-state index contributed by atoms with van der Waals surface area (Å²) in [4.78, 5) is 30.5. The molecule has 6 heteroatoms. The van der Waals surface area contributed by atoms with E-state index >= 15 is 0 Å². The van der Waals surface area contributed by atoms with Crippen LogP contribution in [0.15, 0.2) is 48.5 Å². The fraction of sp³-hybridized carbons (Fsp3) is 0.500. The maximum atomic E-state index is 14.1. The van der Waals surface area contributed by atoms with Gasteiger partial charge in [0.15, 0.2) is 5.60 Å². The molecule has 0 radical (unpaired) electrons. The summed E-state index contributed by atoms with van der Waals surface area (Å²) in [7, 11) is 0. The van der Waals surface area contributed by atoms with E-state index in [4.69, 9.17) is 9.47 Å². The lowest BCUT2D eigenvalue weighted by molar-refractivity contribution is -0.141. The standard InChI is InChI=1S/C28H34N2O4/c1-21-16-22(2)18-24(17-21)28(10-14-33-15-11-28)25(31)29-13-9-27(19-29)20-30(26(32)34-27)12-8-23-6-4-3-5-7-23/h3-7,16-18H,8-15,19-20H2,1-2H3. The van der Waals surface area contributed by atoms with Gasteiger partial charge in [0.1, 0.15) is 0 Å². The van der Waals surface area contributed by atoms with E-state index < -0.39 is 11.0 Å². The number of hydrogen-bond donors (Lipinski definition) is 0. The first-order chi connectivity index (χ1) is 16.4. The minimum absolute atomic E-state index is 0.149. The largest absolute Gasteiger partial charge is 0.439 e. The molecule has 3 saturated heterocycles. The molecule has 34 heavy (non-hydrogen) atoms. The summed E-state index contributed by atoms with van der Waals surface area (Å²) in [5.41, 5.74) is 3.46. The number of rotatable bonds is 5. The number of nitrogens with zero attached hydrogens (tertiary/aromatic N) is 2. The molecule has 0 aliphatic carbocycles. The summed E-state index contributed by atoms with van der Waals surface area (Å²) in [6, 6.07) is 16.6. The van der Waals surface area contributed by atoms with Crippen LogP contribution in [0.5, 0.6) is 0 Å². The van der Waals surface area contributed by atoms with E-state index in [1.165, 1.54) is 16.7 Å². The van der Waals surface area contributed by atoms with Gasteiger partial charge in [-0.1, -0.05) is 59.7 Å². The number of aryl methyl sites for hydroxylation is 2. The van der Waals surface area contributed by atoms with Gasteiger partial charge < -0.3 is 19.3 Å². The average molecular weight is 463 g/mol. The summed E-state index contributed by atoms with van der Waals surface area (Å²) in [6.07, 6.45) is 2.58. The fourth-order valence-electron chi connectivity index (χ4n) is 5.90. The van der Waals surface area contributed by atoms with Gasteiger partial charge in [-0.05, 0) is 44.2 Å². The van der Waals surface area contributed by atoms with E-state index in [2.05, 4.69) is 44.2 Å². The third-order valence-electron chi connectivity index (χ3n) is 7.69. The van der Waals surface area contributed by atoms with Crippen LogP contribution in [0.3, 0.4) is 0 Å². The maximum Gasteiger partial charge on any atom is 0.410 e. The van der Waals surface area contributed by atoms with Gasteiger partial charge in [-0.2, -0.15) is 0 Å². The summed E-state index contributed by atoms with van der Waals surface area (Å²) in [6.45, 7) is 7.59. The van der Waals surface area contributed by atoms with Crippen molar-refractivity contribution >= 4 is 12.0 Å². The molecule has 1 atom stereocenters. The Morgan fingerprint density at radius 2 is 1.68 bits per heavy atom. The Kier molecular flexibility index (Phi) is 6.11. The third kappa shape index (κ3) is 4.31. The van der Waals surface area contributed by atoms with Gasteiger partial charge in [-0.3, -0.25) is 4.79 Å². The highest BCUT2D eigenvalue weighted by Gasteiger charge is 2.53. The highest BCUT2D eigenvalue weighted by atomic mass is 16.6. The molecular formula is C28H34N2O4. The smallest absolute Gasteiger partial charge is 0.410 e. The highest BCUT2D eigenvalue weighted by Crippen LogP contribution is 2.41. The minimum atomic E-state index is -0.599. The van der Waals surface area contributed by atoms with Crippen LogP contribution >= 0.6 is 0 Å². The number of ether oxygens (including phenoxy) is 2. The monoisotopic (exact) mass is 462 g/mol. The third-order valence-corrected chi connectivity index (χ3v) is 7.69. The summed E-state index contributed by atoms with van der Waals surface area (Å²) < 4.78 is 11.6. The first kappa shape index (κ1) is 22.9. The fourth-order valence-corrected chi connectivity index (χ4v) is 5.90. The molecule has 2 aromatic rings. The van der Waals surface area contributed by atoms with Crippen LogP contribution in [0.4, 0.5) is 4.79 Å². The van der Waals surface area contributed by atoms with Crippen molar-refractivity contribution in [3.05, 3.63) is 70.8 Å². The van der Waals surface area contributed by atoms with Gasteiger partial charge in [0.2, 0.25) is 5.91 Å². The molecule has 1 spiro atoms. The maximum absolute atomic E-state index is 14.1. The summed E-state index contributed by atoms with van der Waals surface area (Å²) >= 11 is 0. The van der Waals surface area contributed by atoms with Crippen LogP contribution in [0.1, 0.15) is 41.5 Å². The number of amides is 2. The van der Waals surface area contributed by atoms with Crippen LogP contribution in [-0.4, -0.2) is 66.8 Å². The van der Waals surface area contributed by atoms with Crippen molar-refractivity contribution in [1.82, 2.24) is 9.80 Å². The average Bonchev–Trinajstić information content (AvgIpc) is 3.39. The van der Waals surface area contributed by atoms with Crippen molar-refractivity contribution < 1.29 is 19.1 Å². The Bertz CT molecular complexity index is 1040. The number of hydrogen-bond acceptors (Lipinski definition) is 4. The highest BCUT2D eigenvalue weighted by molar-refractivity contribution is 5.89. The molecule has 3 aliphatic heterocycles. The molecule has 0 bridgehead atoms. The summed E-state index contributed by atoms with van der Waals surface area (Å²) in [5, 5.41) is 0. The lowest BCUT2D eigenvalue weighted by Crippen LogP contribution is -2.50. The Morgan fingerprint density at radius 3 is 2.38 bits per heavy atom. The first-order valence-electron chi connectivity index (χ1n) is 12.4. The second-order valence-corrected chi connectivity index (χ2v) is 10.3. The Labute approximate surface area is 201 Å². The molecule has 3 aliphatic rings. The number of carbonyl (C=O) groups is 2. The lowest BCUT2D eigenvalue weighted by atomic mass is 9.72. The first-order valence-corrected chi connectivity index (χ1v) is 12.4. The van der Waals surface area contributed by atoms with Crippen LogP contribution in [-0.2, 0) is 26.1 Å². The van der Waals surface area contributed by atoms with Gasteiger partial charge in [0.25, 0.3) is 0 Å². The van der Waals surface area contributed by atoms with Crippen molar-refractivity contribution in [2.45, 2.75) is 50.5 Å². The molecular weight excluding hydrogens is 428 g/mol. The molecule has 6 nitrogen and oxygen atoms in total. The van der Waals surface area contributed by atoms with E-state index in [-0.39, 0.29) is 12.0 Å². The molecule has 0 N–H and O–H groups in total. The molecule has 180 valence electrons. The van der Waals surface area contributed by atoms with E-state index in [0.717, 1.165) is 12.0 Å². The lowest BCUT2D eigenvalue weighted by Gasteiger charge is -2.39. The molecule has 0 saturated carbocycles. The molecule has 5 rings (SSSR count). The molecule has 3 fully saturated rings. The molecule has 0 aromatic heterocycles. The summed E-state index contributed by atoms with van der Waals surface area (Å²) in [5.74, 6) is 0.149. The minimum Gasteiger partial charge on any atom is -0.439 e. The zero-order valence-corrected chi connectivity index (χ0v) is 20.2. The van der Waals surface area contributed by atoms with Crippen LogP contribution < -0.4 is 0 Å². The van der Waals surface area contributed by atoms with E-state index in [9.17, 15) is 9.59 Å². The van der Waals surface area contributed by atoms with Gasteiger partial charge in [0.05, 0.1) is 18.5 Å². The number of carbonyl (C=O) groups excluding carboxylic acids is 2. The zero-order valence-electron chi connectivity index (χ0n) is 20.2. The van der Waals surface area contributed by atoms with Crippen molar-refractivity contribution in [3.8, 4) is 0 Å². The van der Waals surface area contributed by atoms with Crippen LogP contribution in [0.2, 0.25) is 0 Å². The zero-order chi connectivity index (χ0) is 23.8. The van der Waals surface area contributed by atoms with Crippen molar-refractivity contribution in [3.63, 3.8) is 0 Å². The van der Waals surface area contributed by atoms with Crippen molar-refractivity contribution in [1.29, 1.82) is 0 Å². The molecule has 2 amide bonds. The van der Waals surface area contributed by atoms with Crippen LogP contribution in [0.25, 0.3) is 0 Å². The predicted octanol–water partition coefficient (Wildman–Crippen LogP) is 4.02. The van der Waals surface area contributed by atoms with Crippen molar-refractivity contribution in [2.24, 2.45) is 0 Å². The second-order valence-electron chi connectivity index (χ2n) is 10.3. The molecule has 2 aromatic carbocycles. The van der Waals surface area contributed by atoms with Gasteiger partial charge in [-0.15, -0.1) is 0 Å². The number of benzene rings is 2. The molecule has 3 heterocycles. The van der Waals surface area contributed by atoms with E-state index in [1.54, 1.807) is 4.90 Å². The van der Waals surface area contributed by atoms with Gasteiger partial charge in [-0.25, -0.2) is 4.79 Å². The van der Waals surface area contributed by atoms with E-state index in [0.29, 0.717) is 58.7 Å². The normalized spacial score (nSPS) is 24.0. The quantitative estimate of drug-likeness (QED) is 0.674. The second kappa shape index (κ2) is 9.06. The Morgan fingerprint density at radius 1 is 0.971 bits per heavy atom. The number of likely N-dealkylation sites (tertiary alicyclic amines) is 1. The molecule has 1 unspecified atom stereocenters. The van der Waals surface area contributed by atoms with Gasteiger partial charge in [0, 0.05) is 32.7 Å². The Hall–Kier alpha value is -2.86. The topological polar surface area (TPSA) is 59.1 Å². The van der Waals surface area contributed by atoms with Crippen molar-refractivity contribution in [2.75, 3.05) is 39.4 Å². The van der Waals surface area contributed by atoms with Gasteiger partial charge >= 0.3 is 6.09 Å². The predicted molar refractivity (Wildman–Crippen MR) is 130 cm³/mol.